The van der Waals surface area contributed by atoms with Gasteiger partial charge in [0.15, 0.2) is 5.69 Å². The average molecular weight is 360 g/mol. The molecule has 2 rings (SSSR count). The Labute approximate surface area is 142 Å². The van der Waals surface area contributed by atoms with Crippen molar-refractivity contribution in [2.24, 2.45) is 5.92 Å². The molecule has 1 aromatic heterocycles. The Morgan fingerprint density at radius 2 is 2.00 bits per heavy atom. The Balaban J connectivity index is 2.09. The van der Waals surface area contributed by atoms with Crippen molar-refractivity contribution in [3.05, 3.63) is 46.2 Å². The number of hydrogen-bond acceptors (Lipinski definition) is 2. The highest BCUT2D eigenvalue weighted by Crippen LogP contribution is 2.28. The van der Waals surface area contributed by atoms with Gasteiger partial charge < -0.3 is 5.32 Å². The van der Waals surface area contributed by atoms with E-state index in [1.165, 1.54) is 11.6 Å². The van der Waals surface area contributed by atoms with E-state index in [1.54, 1.807) is 25.1 Å². The zero-order valence-electron chi connectivity index (χ0n) is 13.4. The number of nitrogens with one attached hydrogen (secondary N) is 1. The first-order valence-corrected chi connectivity index (χ1v) is 7.64. The second kappa shape index (κ2) is 6.84. The van der Waals surface area contributed by atoms with Crippen molar-refractivity contribution in [2.75, 3.05) is 5.32 Å². The molecule has 0 aliphatic heterocycles. The Kier molecular flexibility index (Phi) is 5.22. The molecule has 1 aromatic carbocycles. The predicted molar refractivity (Wildman–Crippen MR) is 85.9 cm³/mol. The molecule has 130 valence electrons. The average Bonchev–Trinajstić information content (AvgIpc) is 2.84. The van der Waals surface area contributed by atoms with Crippen LogP contribution in [-0.4, -0.2) is 15.7 Å². The maximum atomic E-state index is 12.7. The lowest BCUT2D eigenvalue weighted by Gasteiger charge is -2.15. The van der Waals surface area contributed by atoms with Crippen LogP contribution >= 0.6 is 11.6 Å². The lowest BCUT2D eigenvalue weighted by Crippen LogP contribution is -2.25. The van der Waals surface area contributed by atoms with Gasteiger partial charge in [0.25, 0.3) is 0 Å². The number of amides is 1. The van der Waals surface area contributed by atoms with E-state index in [-0.39, 0.29) is 12.5 Å². The molecule has 8 heteroatoms. The molecular weight excluding hydrogens is 343 g/mol. The van der Waals surface area contributed by atoms with Gasteiger partial charge in [-0.3, -0.25) is 9.48 Å². The van der Waals surface area contributed by atoms with Crippen LogP contribution < -0.4 is 5.32 Å². The van der Waals surface area contributed by atoms with Gasteiger partial charge in [0.05, 0.1) is 12.5 Å². The zero-order chi connectivity index (χ0) is 18.1. The highest BCUT2D eigenvalue weighted by atomic mass is 35.5. The van der Waals surface area contributed by atoms with E-state index in [2.05, 4.69) is 10.4 Å². The van der Waals surface area contributed by atoms with E-state index in [1.807, 2.05) is 6.92 Å². The minimum absolute atomic E-state index is 0.0490. The van der Waals surface area contributed by atoms with E-state index in [0.29, 0.717) is 16.4 Å². The van der Waals surface area contributed by atoms with Gasteiger partial charge in [0, 0.05) is 16.4 Å². The van der Waals surface area contributed by atoms with E-state index in [4.69, 9.17) is 11.6 Å². The van der Waals surface area contributed by atoms with Gasteiger partial charge in [-0.25, -0.2) is 0 Å². The standard InChI is InChI=1S/C16H17ClF3N3O/c1-9-4-5-12(17)7-13(9)21-15(24)10(2)8-23-11(3)6-14(22-23)16(18,19)20/h4-7,10H,8H2,1-3H3,(H,21,24). The number of alkyl halides is 3. The number of anilines is 1. The summed E-state index contributed by atoms with van der Waals surface area (Å²) in [4.78, 5) is 12.3. The van der Waals surface area contributed by atoms with Gasteiger partial charge in [-0.2, -0.15) is 18.3 Å². The minimum atomic E-state index is -4.50. The number of benzene rings is 1. The number of nitrogens with zero attached hydrogens (tertiary/aromatic N) is 2. The number of aryl methyl sites for hydroxylation is 2. The summed E-state index contributed by atoms with van der Waals surface area (Å²) >= 11 is 5.90. The summed E-state index contributed by atoms with van der Waals surface area (Å²) in [5.74, 6) is -0.883. The Hall–Kier alpha value is -2.02. The fraction of sp³-hybridized carbons (Fsp3) is 0.375. The molecule has 4 nitrogen and oxygen atoms in total. The van der Waals surface area contributed by atoms with Crippen molar-refractivity contribution in [2.45, 2.75) is 33.5 Å². The van der Waals surface area contributed by atoms with Crippen LogP contribution in [0.1, 0.15) is 23.9 Å². The molecule has 1 amide bonds. The van der Waals surface area contributed by atoms with Crippen LogP contribution in [0.3, 0.4) is 0 Å². The number of hydrogen-bond donors (Lipinski definition) is 1. The third-order valence-electron chi connectivity index (χ3n) is 3.62. The summed E-state index contributed by atoms with van der Waals surface area (Å²) in [6, 6.07) is 6.08. The van der Waals surface area contributed by atoms with E-state index < -0.39 is 17.8 Å². The smallest absolute Gasteiger partial charge is 0.326 e. The number of rotatable bonds is 4. The van der Waals surface area contributed by atoms with Gasteiger partial charge >= 0.3 is 6.18 Å². The van der Waals surface area contributed by atoms with E-state index in [9.17, 15) is 18.0 Å². The largest absolute Gasteiger partial charge is 0.435 e. The van der Waals surface area contributed by atoms with Crippen LogP contribution in [-0.2, 0) is 17.5 Å². The lowest BCUT2D eigenvalue weighted by molar-refractivity contribution is -0.141. The molecule has 1 N–H and O–H groups in total. The summed E-state index contributed by atoms with van der Waals surface area (Å²) in [5, 5.41) is 6.76. The molecule has 0 aliphatic rings. The molecule has 1 heterocycles. The van der Waals surface area contributed by atoms with Crippen molar-refractivity contribution in [3.8, 4) is 0 Å². The number of halogens is 4. The van der Waals surface area contributed by atoms with Gasteiger partial charge in [-0.15, -0.1) is 0 Å². The molecule has 0 radical (unpaired) electrons. The van der Waals surface area contributed by atoms with Crippen LogP contribution in [0.25, 0.3) is 0 Å². The second-order valence-corrected chi connectivity index (χ2v) is 6.14. The van der Waals surface area contributed by atoms with Gasteiger partial charge in [0.1, 0.15) is 0 Å². The summed E-state index contributed by atoms with van der Waals surface area (Å²) in [7, 11) is 0. The molecule has 2 aromatic rings. The molecule has 0 aliphatic carbocycles. The zero-order valence-corrected chi connectivity index (χ0v) is 14.2. The van der Waals surface area contributed by atoms with Crippen LogP contribution in [0.5, 0.6) is 0 Å². The summed E-state index contributed by atoms with van der Waals surface area (Å²) in [5.41, 5.74) is 0.807. The number of aromatic nitrogens is 2. The van der Waals surface area contributed by atoms with Crippen molar-refractivity contribution in [3.63, 3.8) is 0 Å². The first-order valence-electron chi connectivity index (χ1n) is 7.26. The molecule has 0 saturated heterocycles. The highest BCUT2D eigenvalue weighted by Gasteiger charge is 2.34. The van der Waals surface area contributed by atoms with Crippen LogP contribution in [0.15, 0.2) is 24.3 Å². The molecule has 0 fully saturated rings. The van der Waals surface area contributed by atoms with Crippen molar-refractivity contribution in [1.29, 1.82) is 0 Å². The van der Waals surface area contributed by atoms with Gasteiger partial charge in [0.2, 0.25) is 5.91 Å². The summed E-state index contributed by atoms with van der Waals surface area (Å²) in [6.45, 7) is 5.02. The lowest BCUT2D eigenvalue weighted by atomic mass is 10.1. The van der Waals surface area contributed by atoms with E-state index in [0.717, 1.165) is 11.6 Å². The Bertz CT molecular complexity index is 756. The van der Waals surface area contributed by atoms with Crippen molar-refractivity contribution < 1.29 is 18.0 Å². The van der Waals surface area contributed by atoms with Crippen molar-refractivity contribution >= 4 is 23.2 Å². The maximum absolute atomic E-state index is 12.7. The predicted octanol–water partition coefficient (Wildman–Crippen LogP) is 4.45. The molecule has 24 heavy (non-hydrogen) atoms. The molecule has 1 atom stereocenters. The molecule has 0 saturated carbocycles. The summed E-state index contributed by atoms with van der Waals surface area (Å²) in [6.07, 6.45) is -4.50. The molecular formula is C16H17ClF3N3O. The SMILES string of the molecule is Cc1ccc(Cl)cc1NC(=O)C(C)Cn1nc(C(F)(F)F)cc1C. The van der Waals surface area contributed by atoms with Crippen LogP contribution in [0.4, 0.5) is 18.9 Å². The molecule has 1 unspecified atom stereocenters. The normalized spacial score (nSPS) is 13.0. The van der Waals surface area contributed by atoms with E-state index >= 15 is 0 Å². The topological polar surface area (TPSA) is 46.9 Å². The fourth-order valence-electron chi connectivity index (χ4n) is 2.16. The Morgan fingerprint density at radius 1 is 1.33 bits per heavy atom. The first kappa shape index (κ1) is 18.3. The molecule has 0 bridgehead atoms. The maximum Gasteiger partial charge on any atom is 0.435 e. The fourth-order valence-corrected chi connectivity index (χ4v) is 2.33. The van der Waals surface area contributed by atoms with Crippen LogP contribution in [0.2, 0.25) is 5.02 Å². The third-order valence-corrected chi connectivity index (χ3v) is 3.86. The van der Waals surface area contributed by atoms with Gasteiger partial charge in [-0.05, 0) is 37.6 Å². The quantitative estimate of drug-likeness (QED) is 0.876. The molecule has 0 spiro atoms. The third kappa shape index (κ3) is 4.29. The van der Waals surface area contributed by atoms with Gasteiger partial charge in [-0.1, -0.05) is 24.6 Å². The first-order chi connectivity index (χ1) is 11.1. The summed E-state index contributed by atoms with van der Waals surface area (Å²) < 4.78 is 39.2. The van der Waals surface area contributed by atoms with Crippen molar-refractivity contribution in [1.82, 2.24) is 9.78 Å². The number of carbonyl (C=O) groups is 1. The second-order valence-electron chi connectivity index (χ2n) is 5.70. The monoisotopic (exact) mass is 359 g/mol. The minimum Gasteiger partial charge on any atom is -0.326 e. The van der Waals surface area contributed by atoms with Crippen LogP contribution in [0, 0.1) is 19.8 Å². The highest BCUT2D eigenvalue weighted by molar-refractivity contribution is 6.31. The number of carbonyl (C=O) groups excluding carboxylic acids is 1. The Morgan fingerprint density at radius 3 is 2.58 bits per heavy atom.